The minimum Gasteiger partial charge on any atom is -0.367 e. The van der Waals surface area contributed by atoms with E-state index in [1.807, 2.05) is 18.2 Å². The molecule has 2 heterocycles. The van der Waals surface area contributed by atoms with Crippen LogP contribution in [0.4, 0.5) is 5.82 Å². The van der Waals surface area contributed by atoms with Crippen LogP contribution in [0.2, 0.25) is 0 Å². The summed E-state index contributed by atoms with van der Waals surface area (Å²) in [5, 5.41) is 19.5. The van der Waals surface area contributed by atoms with E-state index in [-0.39, 0.29) is 0 Å². The molecule has 0 amide bonds. The molecule has 0 aliphatic rings. The number of H-pyrrole nitrogens is 1. The van der Waals surface area contributed by atoms with Gasteiger partial charge in [-0.05, 0) is 18.6 Å². The minimum absolute atomic E-state index is 0.523. The van der Waals surface area contributed by atoms with Crippen LogP contribution in [0.3, 0.4) is 0 Å². The molecule has 0 saturated heterocycles. The summed E-state index contributed by atoms with van der Waals surface area (Å²) in [6.07, 6.45) is 5.12. The number of aromatic nitrogens is 3. The van der Waals surface area contributed by atoms with Gasteiger partial charge in [0.15, 0.2) is 5.82 Å². The smallest absolute Gasteiger partial charge is 0.166 e. The Labute approximate surface area is 112 Å². The molecule has 0 atom stereocenters. The van der Waals surface area contributed by atoms with E-state index in [1.54, 1.807) is 6.20 Å². The van der Waals surface area contributed by atoms with Gasteiger partial charge in [-0.3, -0.25) is 10.1 Å². The van der Waals surface area contributed by atoms with Crippen molar-refractivity contribution in [1.82, 2.24) is 15.2 Å². The number of nitrogens with zero attached hydrogens (tertiary/aromatic N) is 3. The molecule has 0 radical (unpaired) electrons. The van der Waals surface area contributed by atoms with E-state index in [1.165, 1.54) is 12.8 Å². The van der Waals surface area contributed by atoms with Crippen molar-refractivity contribution < 1.29 is 0 Å². The molecule has 2 rings (SSSR count). The average Bonchev–Trinajstić information content (AvgIpc) is 2.87. The lowest BCUT2D eigenvalue weighted by atomic mass is 10.2. The maximum absolute atomic E-state index is 9.27. The normalized spacial score (nSPS) is 10.1. The summed E-state index contributed by atoms with van der Waals surface area (Å²) in [6, 6.07) is 7.77. The van der Waals surface area contributed by atoms with Gasteiger partial charge in [0.25, 0.3) is 0 Å². The second-order valence-electron chi connectivity index (χ2n) is 4.28. The SMILES string of the molecule is CCCCCNc1n[nH]c(-c2ccccn2)c1C#N. The largest absolute Gasteiger partial charge is 0.367 e. The first-order chi connectivity index (χ1) is 9.36. The Balaban J connectivity index is 2.15. The summed E-state index contributed by atoms with van der Waals surface area (Å²) in [5.74, 6) is 0.610. The Hall–Kier alpha value is -2.35. The predicted molar refractivity (Wildman–Crippen MR) is 74.5 cm³/mol. The Bertz CT molecular complexity index is 553. The van der Waals surface area contributed by atoms with E-state index in [0.29, 0.717) is 17.1 Å². The number of anilines is 1. The Morgan fingerprint density at radius 2 is 2.26 bits per heavy atom. The highest BCUT2D eigenvalue weighted by Gasteiger charge is 2.14. The second-order valence-corrected chi connectivity index (χ2v) is 4.28. The molecule has 0 saturated carbocycles. The maximum atomic E-state index is 9.27. The molecule has 0 aliphatic heterocycles. The van der Waals surface area contributed by atoms with Crippen molar-refractivity contribution in [3.8, 4) is 17.5 Å². The predicted octanol–water partition coefficient (Wildman–Crippen LogP) is 2.95. The van der Waals surface area contributed by atoms with Gasteiger partial charge >= 0.3 is 0 Å². The van der Waals surface area contributed by atoms with Gasteiger partial charge in [0.05, 0.1) is 5.69 Å². The van der Waals surface area contributed by atoms with Crippen LogP contribution in [0.25, 0.3) is 11.4 Å². The van der Waals surface area contributed by atoms with Gasteiger partial charge in [0.1, 0.15) is 17.3 Å². The number of nitrogens with one attached hydrogen (secondary N) is 2. The summed E-state index contributed by atoms with van der Waals surface area (Å²) in [7, 11) is 0. The number of hydrogen-bond donors (Lipinski definition) is 2. The van der Waals surface area contributed by atoms with E-state index in [4.69, 9.17) is 0 Å². The molecule has 0 spiro atoms. The molecule has 0 unspecified atom stereocenters. The van der Waals surface area contributed by atoms with Crippen molar-refractivity contribution in [3.63, 3.8) is 0 Å². The Kier molecular flexibility index (Phi) is 4.51. The Morgan fingerprint density at radius 3 is 2.95 bits per heavy atom. The van der Waals surface area contributed by atoms with E-state index in [9.17, 15) is 5.26 Å². The van der Waals surface area contributed by atoms with Crippen molar-refractivity contribution >= 4 is 5.82 Å². The van der Waals surface area contributed by atoms with Gasteiger partial charge in [0.2, 0.25) is 0 Å². The third-order valence-electron chi connectivity index (χ3n) is 2.87. The first kappa shape index (κ1) is 13.1. The molecule has 98 valence electrons. The molecule has 5 heteroatoms. The summed E-state index contributed by atoms with van der Waals surface area (Å²) in [6.45, 7) is 2.99. The zero-order valence-electron chi connectivity index (χ0n) is 11.0. The van der Waals surface area contributed by atoms with E-state index >= 15 is 0 Å². The fraction of sp³-hybridized carbons (Fsp3) is 0.357. The molecule has 19 heavy (non-hydrogen) atoms. The fourth-order valence-corrected chi connectivity index (χ4v) is 1.86. The van der Waals surface area contributed by atoms with Crippen LogP contribution in [0, 0.1) is 11.3 Å². The highest BCUT2D eigenvalue weighted by atomic mass is 15.2. The minimum atomic E-state index is 0.523. The van der Waals surface area contributed by atoms with Gasteiger partial charge in [-0.15, -0.1) is 0 Å². The van der Waals surface area contributed by atoms with Gasteiger partial charge in [0, 0.05) is 12.7 Å². The van der Waals surface area contributed by atoms with Crippen LogP contribution in [-0.4, -0.2) is 21.7 Å². The summed E-state index contributed by atoms with van der Waals surface area (Å²) in [5.41, 5.74) is 1.92. The lowest BCUT2D eigenvalue weighted by Crippen LogP contribution is -2.03. The van der Waals surface area contributed by atoms with E-state index in [2.05, 4.69) is 33.5 Å². The summed E-state index contributed by atoms with van der Waals surface area (Å²) < 4.78 is 0. The van der Waals surface area contributed by atoms with E-state index < -0.39 is 0 Å². The molecule has 0 aromatic carbocycles. The molecule has 0 aliphatic carbocycles. The van der Waals surface area contributed by atoms with Crippen molar-refractivity contribution in [2.24, 2.45) is 0 Å². The van der Waals surface area contributed by atoms with Crippen LogP contribution in [0.15, 0.2) is 24.4 Å². The number of hydrogen-bond acceptors (Lipinski definition) is 4. The van der Waals surface area contributed by atoms with Crippen LogP contribution < -0.4 is 5.32 Å². The average molecular weight is 255 g/mol. The van der Waals surface area contributed by atoms with E-state index in [0.717, 1.165) is 18.7 Å². The topological polar surface area (TPSA) is 77.4 Å². The van der Waals surface area contributed by atoms with Crippen LogP contribution in [0.5, 0.6) is 0 Å². The van der Waals surface area contributed by atoms with Crippen molar-refractivity contribution in [2.45, 2.75) is 26.2 Å². The second kappa shape index (κ2) is 6.55. The molecular formula is C14H17N5. The molecule has 2 aromatic heterocycles. The molecule has 0 bridgehead atoms. The van der Waals surface area contributed by atoms with Crippen molar-refractivity contribution in [3.05, 3.63) is 30.0 Å². The monoisotopic (exact) mass is 255 g/mol. The van der Waals surface area contributed by atoms with Crippen molar-refractivity contribution in [1.29, 1.82) is 5.26 Å². The number of nitriles is 1. The van der Waals surface area contributed by atoms with Gasteiger partial charge in [-0.1, -0.05) is 25.8 Å². The van der Waals surface area contributed by atoms with Crippen LogP contribution in [0.1, 0.15) is 31.7 Å². The Morgan fingerprint density at radius 1 is 1.37 bits per heavy atom. The lowest BCUT2D eigenvalue weighted by Gasteiger charge is -2.02. The number of unbranched alkanes of at least 4 members (excludes halogenated alkanes) is 2. The summed E-state index contributed by atoms with van der Waals surface area (Å²) in [4.78, 5) is 4.23. The molecule has 0 fully saturated rings. The number of pyridine rings is 1. The molecule has 5 nitrogen and oxygen atoms in total. The van der Waals surface area contributed by atoms with Crippen LogP contribution in [-0.2, 0) is 0 Å². The van der Waals surface area contributed by atoms with Gasteiger partial charge in [-0.25, -0.2) is 0 Å². The standard InChI is InChI=1S/C14H17N5/c1-2-3-5-9-17-14-11(10-15)13(18-19-14)12-7-4-6-8-16-12/h4,6-8H,2-3,5,9H2,1H3,(H2,17,18,19). The zero-order valence-corrected chi connectivity index (χ0v) is 11.0. The molecular weight excluding hydrogens is 238 g/mol. The summed E-state index contributed by atoms with van der Waals surface area (Å²) >= 11 is 0. The first-order valence-electron chi connectivity index (χ1n) is 6.50. The maximum Gasteiger partial charge on any atom is 0.166 e. The highest BCUT2D eigenvalue weighted by molar-refractivity contribution is 5.70. The quantitative estimate of drug-likeness (QED) is 0.778. The third kappa shape index (κ3) is 3.10. The number of rotatable bonds is 6. The zero-order chi connectivity index (χ0) is 13.5. The molecule has 2 N–H and O–H groups in total. The van der Waals surface area contributed by atoms with Gasteiger partial charge in [-0.2, -0.15) is 10.4 Å². The lowest BCUT2D eigenvalue weighted by molar-refractivity contribution is 0.742. The van der Waals surface area contributed by atoms with Gasteiger partial charge < -0.3 is 5.32 Å². The van der Waals surface area contributed by atoms with Crippen molar-refractivity contribution in [2.75, 3.05) is 11.9 Å². The first-order valence-corrected chi connectivity index (χ1v) is 6.50. The fourth-order valence-electron chi connectivity index (χ4n) is 1.86. The van der Waals surface area contributed by atoms with Crippen LogP contribution >= 0.6 is 0 Å². The molecule has 2 aromatic rings. The highest BCUT2D eigenvalue weighted by Crippen LogP contribution is 2.24. The number of aromatic amines is 1. The third-order valence-corrected chi connectivity index (χ3v) is 2.87.